The van der Waals surface area contributed by atoms with Crippen LogP contribution < -0.4 is 5.56 Å². The van der Waals surface area contributed by atoms with Gasteiger partial charge < -0.3 is 9.88 Å². The number of carbonyl (C=O) groups is 1. The number of amides is 1. The standard InChI is InChI=1S/C22H25ClN6O2/c23-17-7-3-4-14(12-17)13-29-20-18(26-27-29)21(30)25-19(24-20)15-8-10-28(11-9-15)22(31)16-5-1-2-6-16/h3-4,7,12,15-16H,1-2,5-6,8-11,13H2,(H,24,25,30). The molecule has 162 valence electrons. The van der Waals surface area contributed by atoms with Crippen LogP contribution in [0.4, 0.5) is 0 Å². The molecule has 0 spiro atoms. The summed E-state index contributed by atoms with van der Waals surface area (Å²) in [5, 5.41) is 8.80. The first-order chi connectivity index (χ1) is 15.1. The average Bonchev–Trinajstić information content (AvgIpc) is 3.44. The van der Waals surface area contributed by atoms with Crippen LogP contribution in [0.5, 0.6) is 0 Å². The lowest BCUT2D eigenvalue weighted by Gasteiger charge is -2.33. The molecule has 5 rings (SSSR count). The fraction of sp³-hybridized carbons (Fsp3) is 0.500. The molecule has 2 fully saturated rings. The van der Waals surface area contributed by atoms with E-state index in [4.69, 9.17) is 16.6 Å². The molecule has 3 heterocycles. The molecular formula is C22H25ClN6O2. The van der Waals surface area contributed by atoms with Gasteiger partial charge in [-0.3, -0.25) is 9.59 Å². The van der Waals surface area contributed by atoms with Gasteiger partial charge in [0.15, 0.2) is 11.2 Å². The molecule has 1 amide bonds. The molecular weight excluding hydrogens is 416 g/mol. The third-order valence-electron chi connectivity index (χ3n) is 6.51. The van der Waals surface area contributed by atoms with E-state index in [2.05, 4.69) is 15.3 Å². The van der Waals surface area contributed by atoms with Gasteiger partial charge in [-0.2, -0.15) is 0 Å². The lowest BCUT2D eigenvalue weighted by Crippen LogP contribution is -2.41. The Balaban J connectivity index is 1.34. The Morgan fingerprint density at radius 2 is 1.94 bits per heavy atom. The SMILES string of the molecule is O=C(C1CCCC1)N1CCC(c2nc3c(nnn3Cc3cccc(Cl)c3)c(=O)[nH]2)CC1. The van der Waals surface area contributed by atoms with Crippen molar-refractivity contribution < 1.29 is 4.79 Å². The van der Waals surface area contributed by atoms with Crippen molar-refractivity contribution in [2.45, 2.75) is 51.0 Å². The predicted molar refractivity (Wildman–Crippen MR) is 117 cm³/mol. The summed E-state index contributed by atoms with van der Waals surface area (Å²) in [6, 6.07) is 7.50. The third-order valence-corrected chi connectivity index (χ3v) is 6.75. The monoisotopic (exact) mass is 440 g/mol. The number of halogens is 1. The van der Waals surface area contributed by atoms with Crippen LogP contribution in [0.1, 0.15) is 55.8 Å². The molecule has 1 aliphatic heterocycles. The first-order valence-electron chi connectivity index (χ1n) is 10.9. The van der Waals surface area contributed by atoms with Gasteiger partial charge in [0.25, 0.3) is 5.56 Å². The van der Waals surface area contributed by atoms with Gasteiger partial charge in [0.05, 0.1) is 6.54 Å². The topological polar surface area (TPSA) is 96.8 Å². The number of aromatic amines is 1. The highest BCUT2D eigenvalue weighted by atomic mass is 35.5. The highest BCUT2D eigenvalue weighted by molar-refractivity contribution is 6.30. The first kappa shape index (κ1) is 20.2. The van der Waals surface area contributed by atoms with E-state index < -0.39 is 0 Å². The van der Waals surface area contributed by atoms with Crippen LogP contribution in [-0.4, -0.2) is 48.9 Å². The van der Waals surface area contributed by atoms with Crippen LogP contribution >= 0.6 is 11.6 Å². The number of fused-ring (bicyclic) bond motifs is 1. The Morgan fingerprint density at radius 1 is 1.16 bits per heavy atom. The highest BCUT2D eigenvalue weighted by Crippen LogP contribution is 2.30. The summed E-state index contributed by atoms with van der Waals surface area (Å²) in [5.41, 5.74) is 1.39. The average molecular weight is 441 g/mol. The van der Waals surface area contributed by atoms with Crippen LogP contribution in [0, 0.1) is 5.92 Å². The minimum atomic E-state index is -0.276. The van der Waals surface area contributed by atoms with Gasteiger partial charge in [0.2, 0.25) is 5.91 Å². The Hall–Kier alpha value is -2.74. The molecule has 1 aromatic carbocycles. The summed E-state index contributed by atoms with van der Waals surface area (Å²) >= 11 is 6.09. The number of aromatic nitrogens is 5. The van der Waals surface area contributed by atoms with Crippen molar-refractivity contribution in [2.75, 3.05) is 13.1 Å². The Kier molecular flexibility index (Phi) is 5.48. The molecule has 1 saturated heterocycles. The van der Waals surface area contributed by atoms with Crippen LogP contribution in [0.15, 0.2) is 29.1 Å². The molecule has 2 aromatic heterocycles. The molecule has 31 heavy (non-hydrogen) atoms. The zero-order valence-electron chi connectivity index (χ0n) is 17.3. The number of hydrogen-bond donors (Lipinski definition) is 1. The van der Waals surface area contributed by atoms with Crippen molar-refractivity contribution in [1.29, 1.82) is 0 Å². The summed E-state index contributed by atoms with van der Waals surface area (Å²) in [6.45, 7) is 1.85. The molecule has 0 atom stereocenters. The summed E-state index contributed by atoms with van der Waals surface area (Å²) in [5.74, 6) is 1.27. The highest BCUT2D eigenvalue weighted by Gasteiger charge is 2.31. The van der Waals surface area contributed by atoms with Crippen molar-refractivity contribution in [1.82, 2.24) is 29.9 Å². The number of carbonyl (C=O) groups excluding carboxylic acids is 1. The third kappa shape index (κ3) is 4.08. The minimum Gasteiger partial charge on any atom is -0.342 e. The van der Waals surface area contributed by atoms with Gasteiger partial charge >= 0.3 is 0 Å². The number of hydrogen-bond acceptors (Lipinski definition) is 5. The van der Waals surface area contributed by atoms with Crippen molar-refractivity contribution >= 4 is 28.7 Å². The zero-order valence-corrected chi connectivity index (χ0v) is 18.0. The number of nitrogens with one attached hydrogen (secondary N) is 1. The molecule has 1 N–H and O–H groups in total. The van der Waals surface area contributed by atoms with Gasteiger partial charge in [-0.15, -0.1) is 5.10 Å². The Bertz CT molecular complexity index is 1160. The molecule has 1 aliphatic carbocycles. The summed E-state index contributed by atoms with van der Waals surface area (Å²) < 4.78 is 1.64. The van der Waals surface area contributed by atoms with Gasteiger partial charge in [-0.05, 0) is 43.4 Å². The van der Waals surface area contributed by atoms with E-state index in [1.165, 1.54) is 0 Å². The number of H-pyrrole nitrogens is 1. The molecule has 3 aromatic rings. The Labute approximate surface area is 184 Å². The fourth-order valence-electron chi connectivity index (χ4n) is 4.80. The maximum absolute atomic E-state index is 12.7. The number of rotatable bonds is 4. The van der Waals surface area contributed by atoms with Crippen molar-refractivity contribution in [3.63, 3.8) is 0 Å². The fourth-order valence-corrected chi connectivity index (χ4v) is 5.01. The molecule has 2 aliphatic rings. The molecule has 1 saturated carbocycles. The van der Waals surface area contributed by atoms with E-state index >= 15 is 0 Å². The van der Waals surface area contributed by atoms with E-state index in [1.54, 1.807) is 4.68 Å². The van der Waals surface area contributed by atoms with Gasteiger partial charge in [0.1, 0.15) is 5.82 Å². The summed E-state index contributed by atoms with van der Waals surface area (Å²) in [6.07, 6.45) is 5.96. The second kappa shape index (κ2) is 8.42. The van der Waals surface area contributed by atoms with Crippen molar-refractivity contribution in [3.8, 4) is 0 Å². The summed E-state index contributed by atoms with van der Waals surface area (Å²) in [7, 11) is 0. The molecule has 0 bridgehead atoms. The predicted octanol–water partition coefficient (Wildman–Crippen LogP) is 3.11. The normalized spacial score (nSPS) is 18.2. The maximum Gasteiger partial charge on any atom is 0.281 e. The van der Waals surface area contributed by atoms with Gasteiger partial charge in [0, 0.05) is 29.9 Å². The van der Waals surface area contributed by atoms with Crippen LogP contribution in [0.2, 0.25) is 5.02 Å². The van der Waals surface area contributed by atoms with E-state index in [1.807, 2.05) is 29.2 Å². The largest absolute Gasteiger partial charge is 0.342 e. The lowest BCUT2D eigenvalue weighted by molar-refractivity contribution is -0.136. The number of nitrogens with zero attached hydrogens (tertiary/aromatic N) is 5. The quantitative estimate of drug-likeness (QED) is 0.672. The second-order valence-corrected chi connectivity index (χ2v) is 9.02. The zero-order chi connectivity index (χ0) is 21.4. The maximum atomic E-state index is 12.7. The van der Waals surface area contributed by atoms with E-state index in [0.717, 1.165) is 44.1 Å². The van der Waals surface area contributed by atoms with E-state index in [9.17, 15) is 9.59 Å². The minimum absolute atomic E-state index is 0.110. The number of benzene rings is 1. The lowest BCUT2D eigenvalue weighted by atomic mass is 9.94. The first-order valence-corrected chi connectivity index (χ1v) is 11.3. The summed E-state index contributed by atoms with van der Waals surface area (Å²) in [4.78, 5) is 34.9. The molecule has 9 heteroatoms. The number of piperidine rings is 1. The van der Waals surface area contributed by atoms with Crippen molar-refractivity contribution in [3.05, 3.63) is 51.0 Å². The van der Waals surface area contributed by atoms with Gasteiger partial charge in [-0.1, -0.05) is 41.8 Å². The van der Waals surface area contributed by atoms with Crippen molar-refractivity contribution in [2.24, 2.45) is 5.92 Å². The van der Waals surface area contributed by atoms with Crippen LogP contribution in [0.3, 0.4) is 0 Å². The Morgan fingerprint density at radius 3 is 2.68 bits per heavy atom. The van der Waals surface area contributed by atoms with E-state index in [0.29, 0.717) is 42.0 Å². The number of likely N-dealkylation sites (tertiary alicyclic amines) is 1. The van der Waals surface area contributed by atoms with Gasteiger partial charge in [-0.25, -0.2) is 9.67 Å². The van der Waals surface area contributed by atoms with Crippen LogP contribution in [-0.2, 0) is 11.3 Å². The molecule has 8 nitrogen and oxygen atoms in total. The van der Waals surface area contributed by atoms with Crippen LogP contribution in [0.25, 0.3) is 11.2 Å². The smallest absolute Gasteiger partial charge is 0.281 e. The van der Waals surface area contributed by atoms with E-state index in [-0.39, 0.29) is 22.9 Å². The molecule has 0 radical (unpaired) electrons. The molecule has 0 unspecified atom stereocenters. The second-order valence-electron chi connectivity index (χ2n) is 8.58.